The molecule has 1 aliphatic heterocycles. The van der Waals surface area contributed by atoms with Gasteiger partial charge in [0.05, 0.1) is 5.92 Å². The quantitative estimate of drug-likeness (QED) is 0.919. The molecule has 1 aliphatic rings. The lowest BCUT2D eigenvalue weighted by Gasteiger charge is -2.18. The van der Waals surface area contributed by atoms with Crippen molar-refractivity contribution in [3.05, 3.63) is 34.9 Å². The van der Waals surface area contributed by atoms with Crippen molar-refractivity contribution < 1.29 is 22.8 Å². The SMILES string of the molecule is O=C(NCc1ccc(Cl)cc1)C1CC(=O)N(CC(F)(F)F)C1. The first-order valence-electron chi connectivity index (χ1n) is 6.61. The van der Waals surface area contributed by atoms with E-state index in [9.17, 15) is 22.8 Å². The molecule has 0 aliphatic carbocycles. The first-order chi connectivity index (χ1) is 10.2. The number of nitrogens with one attached hydrogen (secondary N) is 1. The summed E-state index contributed by atoms with van der Waals surface area (Å²) in [5, 5.41) is 3.19. The number of nitrogens with zero attached hydrogens (tertiary/aromatic N) is 1. The van der Waals surface area contributed by atoms with Gasteiger partial charge in [-0.15, -0.1) is 0 Å². The van der Waals surface area contributed by atoms with Crippen LogP contribution in [0.4, 0.5) is 13.2 Å². The molecular weight excluding hydrogens is 321 g/mol. The highest BCUT2D eigenvalue weighted by molar-refractivity contribution is 6.30. The van der Waals surface area contributed by atoms with Crippen molar-refractivity contribution in [2.24, 2.45) is 5.92 Å². The molecule has 1 fully saturated rings. The van der Waals surface area contributed by atoms with Crippen molar-refractivity contribution in [2.45, 2.75) is 19.1 Å². The van der Waals surface area contributed by atoms with Crippen LogP contribution in [-0.2, 0) is 16.1 Å². The second-order valence-electron chi connectivity index (χ2n) is 5.13. The highest BCUT2D eigenvalue weighted by Gasteiger charge is 2.40. The normalized spacial score (nSPS) is 18.6. The number of hydrogen-bond donors (Lipinski definition) is 1. The molecule has 0 radical (unpaired) electrons. The number of benzene rings is 1. The minimum absolute atomic E-state index is 0.192. The molecular formula is C14H14ClF3N2O2. The highest BCUT2D eigenvalue weighted by atomic mass is 35.5. The van der Waals surface area contributed by atoms with Crippen LogP contribution < -0.4 is 5.32 Å². The van der Waals surface area contributed by atoms with E-state index in [1.807, 2.05) is 0 Å². The maximum Gasteiger partial charge on any atom is 0.406 e. The number of halogens is 4. The molecule has 2 rings (SSSR count). The second-order valence-corrected chi connectivity index (χ2v) is 5.57. The van der Waals surface area contributed by atoms with Crippen molar-refractivity contribution in [3.63, 3.8) is 0 Å². The summed E-state index contributed by atoms with van der Waals surface area (Å²) in [4.78, 5) is 24.1. The standard InChI is InChI=1S/C14H14ClF3N2O2/c15-11-3-1-9(2-4-11)6-19-13(22)10-5-12(21)20(7-10)8-14(16,17)18/h1-4,10H,5-8H2,(H,19,22). The fraction of sp³-hybridized carbons (Fsp3) is 0.429. The lowest BCUT2D eigenvalue weighted by atomic mass is 10.1. The van der Waals surface area contributed by atoms with Gasteiger partial charge in [-0.3, -0.25) is 9.59 Å². The van der Waals surface area contributed by atoms with Crippen molar-refractivity contribution in [2.75, 3.05) is 13.1 Å². The zero-order valence-electron chi connectivity index (χ0n) is 11.5. The third-order valence-corrected chi connectivity index (χ3v) is 3.59. The molecule has 1 unspecified atom stereocenters. The molecule has 1 atom stereocenters. The van der Waals surface area contributed by atoms with Gasteiger partial charge in [0, 0.05) is 24.5 Å². The van der Waals surface area contributed by atoms with Crippen LogP contribution >= 0.6 is 11.6 Å². The number of rotatable bonds is 4. The van der Waals surface area contributed by atoms with E-state index in [2.05, 4.69) is 5.32 Å². The van der Waals surface area contributed by atoms with Crippen LogP contribution in [0.2, 0.25) is 5.02 Å². The number of hydrogen-bond acceptors (Lipinski definition) is 2. The number of alkyl halides is 3. The van der Waals surface area contributed by atoms with Gasteiger partial charge in [0.2, 0.25) is 11.8 Å². The fourth-order valence-electron chi connectivity index (χ4n) is 2.25. The average Bonchev–Trinajstić information content (AvgIpc) is 2.77. The van der Waals surface area contributed by atoms with Crippen LogP contribution in [-0.4, -0.2) is 36.0 Å². The van der Waals surface area contributed by atoms with Crippen LogP contribution in [0, 0.1) is 5.92 Å². The third-order valence-electron chi connectivity index (χ3n) is 3.34. The first kappa shape index (κ1) is 16.6. The predicted molar refractivity (Wildman–Crippen MR) is 74.0 cm³/mol. The molecule has 2 amide bonds. The van der Waals surface area contributed by atoms with Gasteiger partial charge >= 0.3 is 6.18 Å². The van der Waals surface area contributed by atoms with Gasteiger partial charge < -0.3 is 10.2 Å². The summed E-state index contributed by atoms with van der Waals surface area (Å²) in [6.07, 6.45) is -4.65. The molecule has 120 valence electrons. The van der Waals surface area contributed by atoms with E-state index < -0.39 is 30.5 Å². The maximum absolute atomic E-state index is 12.3. The largest absolute Gasteiger partial charge is 0.406 e. The van der Waals surface area contributed by atoms with E-state index in [0.717, 1.165) is 5.56 Å². The van der Waals surface area contributed by atoms with Gasteiger partial charge in [0.1, 0.15) is 6.54 Å². The zero-order valence-corrected chi connectivity index (χ0v) is 12.2. The molecule has 1 saturated heterocycles. The summed E-state index contributed by atoms with van der Waals surface area (Å²) in [6, 6.07) is 6.82. The van der Waals surface area contributed by atoms with Gasteiger partial charge in [-0.1, -0.05) is 23.7 Å². The number of carbonyl (C=O) groups excluding carboxylic acids is 2. The smallest absolute Gasteiger partial charge is 0.352 e. The Morgan fingerprint density at radius 3 is 2.55 bits per heavy atom. The van der Waals surface area contributed by atoms with Crippen molar-refractivity contribution in [3.8, 4) is 0 Å². The second kappa shape index (κ2) is 6.56. The highest BCUT2D eigenvalue weighted by Crippen LogP contribution is 2.24. The summed E-state index contributed by atoms with van der Waals surface area (Å²) in [5.74, 6) is -1.82. The summed E-state index contributed by atoms with van der Waals surface area (Å²) in [7, 11) is 0. The van der Waals surface area contributed by atoms with Crippen LogP contribution in [0.25, 0.3) is 0 Å². The predicted octanol–water partition coefficient (Wildman–Crippen LogP) is 2.37. The molecule has 0 saturated carbocycles. The molecule has 0 aromatic heterocycles. The van der Waals surface area contributed by atoms with Gasteiger partial charge in [0.15, 0.2) is 0 Å². The minimum atomic E-state index is -4.45. The van der Waals surface area contributed by atoms with E-state index >= 15 is 0 Å². The molecule has 1 aromatic rings. The lowest BCUT2D eigenvalue weighted by Crippen LogP contribution is -2.37. The Morgan fingerprint density at radius 1 is 1.32 bits per heavy atom. The monoisotopic (exact) mass is 334 g/mol. The summed E-state index contributed by atoms with van der Waals surface area (Å²) in [6.45, 7) is -1.28. The summed E-state index contributed by atoms with van der Waals surface area (Å²) in [5.41, 5.74) is 0.814. The molecule has 8 heteroatoms. The molecule has 1 N–H and O–H groups in total. The molecule has 4 nitrogen and oxygen atoms in total. The van der Waals surface area contributed by atoms with Crippen LogP contribution in [0.15, 0.2) is 24.3 Å². The van der Waals surface area contributed by atoms with Crippen molar-refractivity contribution >= 4 is 23.4 Å². The fourth-order valence-corrected chi connectivity index (χ4v) is 2.38. The molecule has 1 aromatic carbocycles. The Bertz CT molecular complexity index is 560. The number of amides is 2. The van der Waals surface area contributed by atoms with E-state index in [1.165, 1.54) is 0 Å². The van der Waals surface area contributed by atoms with E-state index in [4.69, 9.17) is 11.6 Å². The Labute approximate surface area is 130 Å². The van der Waals surface area contributed by atoms with Gasteiger partial charge in [-0.05, 0) is 17.7 Å². The Hall–Kier alpha value is -1.76. The number of likely N-dealkylation sites (tertiary alicyclic amines) is 1. The number of carbonyl (C=O) groups is 2. The Balaban J connectivity index is 1.86. The van der Waals surface area contributed by atoms with E-state index in [-0.39, 0.29) is 19.5 Å². The zero-order chi connectivity index (χ0) is 16.3. The van der Waals surface area contributed by atoms with Gasteiger partial charge in [0.25, 0.3) is 0 Å². The molecule has 0 spiro atoms. The summed E-state index contributed by atoms with van der Waals surface area (Å²) >= 11 is 5.74. The Kier molecular flexibility index (Phi) is 4.95. The van der Waals surface area contributed by atoms with E-state index in [1.54, 1.807) is 24.3 Å². The minimum Gasteiger partial charge on any atom is -0.352 e. The molecule has 1 heterocycles. The Morgan fingerprint density at radius 2 is 1.95 bits per heavy atom. The average molecular weight is 335 g/mol. The molecule has 22 heavy (non-hydrogen) atoms. The first-order valence-corrected chi connectivity index (χ1v) is 6.99. The molecule has 0 bridgehead atoms. The van der Waals surface area contributed by atoms with Gasteiger partial charge in [-0.2, -0.15) is 13.2 Å². The lowest BCUT2D eigenvalue weighted by molar-refractivity contribution is -0.157. The van der Waals surface area contributed by atoms with Crippen LogP contribution in [0.1, 0.15) is 12.0 Å². The van der Waals surface area contributed by atoms with Gasteiger partial charge in [-0.25, -0.2) is 0 Å². The topological polar surface area (TPSA) is 49.4 Å². The maximum atomic E-state index is 12.3. The van der Waals surface area contributed by atoms with Crippen molar-refractivity contribution in [1.29, 1.82) is 0 Å². The van der Waals surface area contributed by atoms with Crippen LogP contribution in [0.3, 0.4) is 0 Å². The summed E-state index contributed by atoms with van der Waals surface area (Å²) < 4.78 is 36.9. The third kappa shape index (κ3) is 4.62. The van der Waals surface area contributed by atoms with Crippen LogP contribution in [0.5, 0.6) is 0 Å². The van der Waals surface area contributed by atoms with E-state index in [0.29, 0.717) is 9.92 Å². The van der Waals surface area contributed by atoms with Crippen molar-refractivity contribution in [1.82, 2.24) is 10.2 Å².